The second-order valence-electron chi connectivity index (χ2n) is 6.66. The van der Waals surface area contributed by atoms with E-state index >= 15 is 0 Å². The van der Waals surface area contributed by atoms with Gasteiger partial charge in [-0.25, -0.2) is 9.97 Å². The standard InChI is InChI=1S/C21H30N2S/c1-3-4-5-6-7-8-9-10-11-18-15-22-21(23-16-18)19-13-12-17(2)14-20(19)24/h12-16,24H,3-11H2,1-2H3. The highest BCUT2D eigenvalue weighted by Crippen LogP contribution is 2.24. The lowest BCUT2D eigenvalue weighted by Crippen LogP contribution is -1.94. The Morgan fingerprint density at radius 2 is 1.50 bits per heavy atom. The minimum absolute atomic E-state index is 0.764. The first-order chi connectivity index (χ1) is 11.7. The number of hydrogen-bond acceptors (Lipinski definition) is 3. The molecule has 24 heavy (non-hydrogen) atoms. The lowest BCUT2D eigenvalue weighted by Gasteiger charge is -2.06. The summed E-state index contributed by atoms with van der Waals surface area (Å²) in [5.41, 5.74) is 3.44. The number of unbranched alkanes of at least 4 members (excludes halogenated alkanes) is 7. The second-order valence-corrected chi connectivity index (χ2v) is 7.14. The number of nitrogens with zero attached hydrogens (tertiary/aromatic N) is 2. The van der Waals surface area contributed by atoms with Gasteiger partial charge in [0.05, 0.1) is 0 Å². The van der Waals surface area contributed by atoms with Crippen molar-refractivity contribution in [2.24, 2.45) is 0 Å². The molecule has 0 saturated heterocycles. The lowest BCUT2D eigenvalue weighted by molar-refractivity contribution is 0.575. The van der Waals surface area contributed by atoms with E-state index in [4.69, 9.17) is 0 Å². The minimum atomic E-state index is 0.764. The van der Waals surface area contributed by atoms with Crippen LogP contribution >= 0.6 is 12.6 Å². The van der Waals surface area contributed by atoms with Gasteiger partial charge in [-0.3, -0.25) is 0 Å². The minimum Gasteiger partial charge on any atom is -0.236 e. The van der Waals surface area contributed by atoms with E-state index in [1.165, 1.54) is 62.5 Å². The number of thiol groups is 1. The largest absolute Gasteiger partial charge is 0.236 e. The van der Waals surface area contributed by atoms with Crippen LogP contribution in [0.3, 0.4) is 0 Å². The van der Waals surface area contributed by atoms with Crippen LogP contribution in [0.2, 0.25) is 0 Å². The van der Waals surface area contributed by atoms with Crippen LogP contribution in [0.5, 0.6) is 0 Å². The molecule has 1 aromatic heterocycles. The van der Waals surface area contributed by atoms with Crippen LogP contribution in [-0.2, 0) is 6.42 Å². The van der Waals surface area contributed by atoms with E-state index in [-0.39, 0.29) is 0 Å². The molecule has 0 radical (unpaired) electrons. The predicted molar refractivity (Wildman–Crippen MR) is 106 cm³/mol. The zero-order valence-electron chi connectivity index (χ0n) is 15.1. The van der Waals surface area contributed by atoms with Gasteiger partial charge < -0.3 is 0 Å². The van der Waals surface area contributed by atoms with Gasteiger partial charge in [-0.15, -0.1) is 12.6 Å². The Kier molecular flexibility index (Phi) is 8.31. The summed E-state index contributed by atoms with van der Waals surface area (Å²) in [6.07, 6.45) is 15.8. The predicted octanol–water partition coefficient (Wildman–Crippen LogP) is 6.42. The van der Waals surface area contributed by atoms with E-state index in [1.54, 1.807) is 0 Å². The molecule has 0 unspecified atom stereocenters. The van der Waals surface area contributed by atoms with Crippen LogP contribution in [-0.4, -0.2) is 9.97 Å². The van der Waals surface area contributed by atoms with Crippen LogP contribution in [0.25, 0.3) is 11.4 Å². The number of aromatic nitrogens is 2. The molecule has 2 rings (SSSR count). The summed E-state index contributed by atoms with van der Waals surface area (Å²) < 4.78 is 0. The highest BCUT2D eigenvalue weighted by molar-refractivity contribution is 7.80. The number of rotatable bonds is 10. The fourth-order valence-corrected chi connectivity index (χ4v) is 3.29. The topological polar surface area (TPSA) is 25.8 Å². The Balaban J connectivity index is 1.74. The van der Waals surface area contributed by atoms with Gasteiger partial charge in [-0.1, -0.05) is 57.9 Å². The van der Waals surface area contributed by atoms with Crippen LogP contribution in [0, 0.1) is 6.92 Å². The van der Waals surface area contributed by atoms with Crippen LogP contribution < -0.4 is 0 Å². The normalized spacial score (nSPS) is 11.0. The summed E-state index contributed by atoms with van der Waals surface area (Å²) >= 11 is 4.53. The first-order valence-corrected chi connectivity index (χ1v) is 9.76. The molecular weight excluding hydrogens is 312 g/mol. The van der Waals surface area contributed by atoms with Crippen molar-refractivity contribution in [2.75, 3.05) is 0 Å². The van der Waals surface area contributed by atoms with Gasteiger partial charge >= 0.3 is 0 Å². The van der Waals surface area contributed by atoms with Gasteiger partial charge in [0.25, 0.3) is 0 Å². The van der Waals surface area contributed by atoms with Gasteiger partial charge in [0, 0.05) is 22.9 Å². The molecule has 130 valence electrons. The molecule has 0 aliphatic rings. The SMILES string of the molecule is CCCCCCCCCCc1cnc(-c2ccc(C)cc2S)nc1. The van der Waals surface area contributed by atoms with E-state index in [9.17, 15) is 0 Å². The quantitative estimate of drug-likeness (QED) is 0.398. The van der Waals surface area contributed by atoms with Gasteiger partial charge in [0.2, 0.25) is 0 Å². The Hall–Kier alpha value is -1.35. The first-order valence-electron chi connectivity index (χ1n) is 9.31. The Bertz CT molecular complexity index is 608. The average molecular weight is 343 g/mol. The summed E-state index contributed by atoms with van der Waals surface area (Å²) in [7, 11) is 0. The summed E-state index contributed by atoms with van der Waals surface area (Å²) in [4.78, 5) is 9.99. The van der Waals surface area contributed by atoms with Gasteiger partial charge in [-0.2, -0.15) is 0 Å². The highest BCUT2D eigenvalue weighted by atomic mass is 32.1. The van der Waals surface area contributed by atoms with E-state index in [0.29, 0.717) is 0 Å². The average Bonchev–Trinajstić information content (AvgIpc) is 2.58. The van der Waals surface area contributed by atoms with Crippen molar-refractivity contribution in [3.8, 4) is 11.4 Å². The number of hydrogen-bond donors (Lipinski definition) is 1. The maximum absolute atomic E-state index is 4.53. The molecule has 1 aromatic carbocycles. The highest BCUT2D eigenvalue weighted by Gasteiger charge is 2.06. The smallest absolute Gasteiger partial charge is 0.160 e. The molecule has 0 aliphatic heterocycles. The van der Waals surface area contributed by atoms with Crippen LogP contribution in [0.4, 0.5) is 0 Å². The van der Waals surface area contributed by atoms with Crippen molar-refractivity contribution in [2.45, 2.75) is 76.5 Å². The maximum atomic E-state index is 4.53. The van der Waals surface area contributed by atoms with Crippen molar-refractivity contribution >= 4 is 12.6 Å². The van der Waals surface area contributed by atoms with Crippen molar-refractivity contribution in [3.05, 3.63) is 41.7 Å². The van der Waals surface area contributed by atoms with Crippen molar-refractivity contribution in [3.63, 3.8) is 0 Å². The zero-order valence-corrected chi connectivity index (χ0v) is 16.0. The third kappa shape index (κ3) is 6.27. The van der Waals surface area contributed by atoms with Crippen LogP contribution in [0.1, 0.15) is 69.4 Å². The number of benzene rings is 1. The summed E-state index contributed by atoms with van der Waals surface area (Å²) in [5.74, 6) is 0.764. The van der Waals surface area contributed by atoms with E-state index in [0.717, 1.165) is 22.7 Å². The molecule has 0 saturated carbocycles. The molecular formula is C21H30N2S. The Morgan fingerprint density at radius 3 is 2.12 bits per heavy atom. The summed E-state index contributed by atoms with van der Waals surface area (Å²) in [6.45, 7) is 4.33. The number of aryl methyl sites for hydroxylation is 2. The monoisotopic (exact) mass is 342 g/mol. The molecule has 0 N–H and O–H groups in total. The van der Waals surface area contributed by atoms with Gasteiger partial charge in [0.15, 0.2) is 5.82 Å². The molecule has 0 atom stereocenters. The fourth-order valence-electron chi connectivity index (χ4n) is 2.92. The van der Waals surface area contributed by atoms with Gasteiger partial charge in [-0.05, 0) is 43.0 Å². The second kappa shape index (κ2) is 10.5. The molecule has 0 bridgehead atoms. The third-order valence-corrected chi connectivity index (χ3v) is 4.79. The lowest BCUT2D eigenvalue weighted by atomic mass is 10.1. The van der Waals surface area contributed by atoms with E-state index < -0.39 is 0 Å². The molecule has 2 nitrogen and oxygen atoms in total. The van der Waals surface area contributed by atoms with E-state index in [1.807, 2.05) is 18.5 Å². The summed E-state index contributed by atoms with van der Waals surface area (Å²) in [6, 6.07) is 6.17. The van der Waals surface area contributed by atoms with E-state index in [2.05, 4.69) is 48.6 Å². The molecule has 0 amide bonds. The molecule has 3 heteroatoms. The van der Waals surface area contributed by atoms with Crippen molar-refractivity contribution < 1.29 is 0 Å². The van der Waals surface area contributed by atoms with Gasteiger partial charge in [0.1, 0.15) is 0 Å². The fraction of sp³-hybridized carbons (Fsp3) is 0.524. The van der Waals surface area contributed by atoms with Crippen molar-refractivity contribution in [1.29, 1.82) is 0 Å². The molecule has 0 spiro atoms. The molecule has 2 aromatic rings. The summed E-state index contributed by atoms with van der Waals surface area (Å²) in [5, 5.41) is 0. The molecule has 0 fully saturated rings. The van der Waals surface area contributed by atoms with Crippen molar-refractivity contribution in [1.82, 2.24) is 9.97 Å². The Morgan fingerprint density at radius 1 is 0.875 bits per heavy atom. The zero-order chi connectivity index (χ0) is 17.2. The Labute approximate surface area is 152 Å². The molecule has 0 aliphatic carbocycles. The maximum Gasteiger partial charge on any atom is 0.160 e. The molecule has 1 heterocycles. The first kappa shape index (κ1) is 19.0. The third-order valence-electron chi connectivity index (χ3n) is 4.42. The van der Waals surface area contributed by atoms with Crippen LogP contribution in [0.15, 0.2) is 35.5 Å².